The van der Waals surface area contributed by atoms with E-state index in [-0.39, 0.29) is 11.8 Å². The topological polar surface area (TPSA) is 55.1 Å². The van der Waals surface area contributed by atoms with Gasteiger partial charge >= 0.3 is 0 Å². The number of hydrogen-bond donors (Lipinski definition) is 2. The summed E-state index contributed by atoms with van der Waals surface area (Å²) in [7, 11) is 0. The van der Waals surface area contributed by atoms with Crippen molar-refractivity contribution in [2.75, 3.05) is 13.1 Å². The summed E-state index contributed by atoms with van der Waals surface area (Å²) in [5, 5.41) is 3.47. The standard InChI is InChI=1S/C16H24N2OS/c1-12(20-14-7-3-2-4-8-14)11-18-16(19)15-9-5-6-13(15)10-17/h2-4,7-8,12-13,15H,5-6,9-11,17H2,1H3,(H,18,19)/t12?,13-,15-/m1/s1. The van der Waals surface area contributed by atoms with Crippen LogP contribution in [0.5, 0.6) is 0 Å². The molecule has 20 heavy (non-hydrogen) atoms. The summed E-state index contributed by atoms with van der Waals surface area (Å²) in [6, 6.07) is 10.3. The molecule has 0 aliphatic heterocycles. The largest absolute Gasteiger partial charge is 0.355 e. The van der Waals surface area contributed by atoms with Crippen LogP contribution < -0.4 is 11.1 Å². The summed E-state index contributed by atoms with van der Waals surface area (Å²) in [5.41, 5.74) is 5.74. The number of hydrogen-bond acceptors (Lipinski definition) is 3. The van der Waals surface area contributed by atoms with Gasteiger partial charge in [-0.1, -0.05) is 31.5 Å². The van der Waals surface area contributed by atoms with Crippen molar-refractivity contribution in [3.05, 3.63) is 30.3 Å². The van der Waals surface area contributed by atoms with Crippen molar-refractivity contribution in [1.82, 2.24) is 5.32 Å². The van der Waals surface area contributed by atoms with E-state index in [4.69, 9.17) is 5.73 Å². The zero-order chi connectivity index (χ0) is 14.4. The lowest BCUT2D eigenvalue weighted by Crippen LogP contribution is -2.37. The first-order valence-corrected chi connectivity index (χ1v) is 8.28. The monoisotopic (exact) mass is 292 g/mol. The third-order valence-electron chi connectivity index (χ3n) is 3.94. The van der Waals surface area contributed by atoms with Crippen LogP contribution in [-0.4, -0.2) is 24.2 Å². The summed E-state index contributed by atoms with van der Waals surface area (Å²) in [5.74, 6) is 0.708. The molecule has 3 atom stereocenters. The van der Waals surface area contributed by atoms with E-state index in [0.717, 1.165) is 19.3 Å². The molecular weight excluding hydrogens is 268 g/mol. The maximum atomic E-state index is 12.2. The van der Waals surface area contributed by atoms with Gasteiger partial charge < -0.3 is 11.1 Å². The molecule has 0 aromatic heterocycles. The number of nitrogens with two attached hydrogens (primary N) is 1. The predicted molar refractivity (Wildman–Crippen MR) is 84.7 cm³/mol. The lowest BCUT2D eigenvalue weighted by Gasteiger charge is -2.19. The van der Waals surface area contributed by atoms with Crippen molar-refractivity contribution >= 4 is 17.7 Å². The van der Waals surface area contributed by atoms with Gasteiger partial charge in [-0.2, -0.15) is 0 Å². The Kier molecular flexibility index (Phi) is 5.92. The summed E-state index contributed by atoms with van der Waals surface area (Å²) in [6.45, 7) is 3.49. The average molecular weight is 292 g/mol. The fraction of sp³-hybridized carbons (Fsp3) is 0.562. The first-order chi connectivity index (χ1) is 9.70. The highest BCUT2D eigenvalue weighted by Crippen LogP contribution is 2.31. The van der Waals surface area contributed by atoms with Gasteiger partial charge in [0.25, 0.3) is 0 Å². The average Bonchev–Trinajstić information content (AvgIpc) is 2.94. The lowest BCUT2D eigenvalue weighted by atomic mass is 9.95. The molecule has 4 heteroatoms. The zero-order valence-corrected chi connectivity index (χ0v) is 12.9. The molecule has 1 aliphatic carbocycles. The van der Waals surface area contributed by atoms with Gasteiger partial charge in [0.2, 0.25) is 5.91 Å². The minimum absolute atomic E-state index is 0.133. The van der Waals surface area contributed by atoms with Crippen LogP contribution in [0.3, 0.4) is 0 Å². The van der Waals surface area contributed by atoms with Crippen LogP contribution in [0.4, 0.5) is 0 Å². The summed E-state index contributed by atoms with van der Waals surface area (Å²) in [4.78, 5) is 13.4. The summed E-state index contributed by atoms with van der Waals surface area (Å²) in [6.07, 6.45) is 3.23. The quantitative estimate of drug-likeness (QED) is 0.793. The zero-order valence-electron chi connectivity index (χ0n) is 12.0. The van der Waals surface area contributed by atoms with Crippen LogP contribution in [0.2, 0.25) is 0 Å². The lowest BCUT2D eigenvalue weighted by molar-refractivity contribution is -0.125. The highest BCUT2D eigenvalue weighted by Gasteiger charge is 2.31. The second kappa shape index (κ2) is 7.70. The van der Waals surface area contributed by atoms with Crippen molar-refractivity contribution in [1.29, 1.82) is 0 Å². The smallest absolute Gasteiger partial charge is 0.223 e. The molecule has 1 aliphatic rings. The molecule has 1 fully saturated rings. The van der Waals surface area contributed by atoms with Gasteiger partial charge in [-0.3, -0.25) is 4.79 Å². The van der Waals surface area contributed by atoms with E-state index >= 15 is 0 Å². The first-order valence-electron chi connectivity index (χ1n) is 7.40. The highest BCUT2D eigenvalue weighted by atomic mass is 32.2. The van der Waals surface area contributed by atoms with Gasteiger partial charge in [-0.15, -0.1) is 11.8 Å². The van der Waals surface area contributed by atoms with Gasteiger partial charge in [0.1, 0.15) is 0 Å². The van der Waals surface area contributed by atoms with Crippen molar-refractivity contribution in [3.8, 4) is 0 Å². The summed E-state index contributed by atoms with van der Waals surface area (Å²) < 4.78 is 0. The molecule has 1 amide bonds. The SMILES string of the molecule is CC(CNC(=O)[C@@H]1CCC[C@@H]1CN)Sc1ccccc1. The molecule has 0 saturated heterocycles. The molecule has 1 unspecified atom stereocenters. The molecule has 1 aromatic rings. The van der Waals surface area contributed by atoms with E-state index in [1.165, 1.54) is 4.90 Å². The Morgan fingerprint density at radius 1 is 1.40 bits per heavy atom. The molecule has 110 valence electrons. The maximum Gasteiger partial charge on any atom is 0.223 e. The number of rotatable bonds is 6. The van der Waals surface area contributed by atoms with Gasteiger partial charge in [0.15, 0.2) is 0 Å². The van der Waals surface area contributed by atoms with Gasteiger partial charge in [0.05, 0.1) is 0 Å². The minimum Gasteiger partial charge on any atom is -0.355 e. The first kappa shape index (κ1) is 15.4. The second-order valence-electron chi connectivity index (χ2n) is 5.52. The van der Waals surface area contributed by atoms with Crippen LogP contribution in [-0.2, 0) is 4.79 Å². The van der Waals surface area contributed by atoms with Gasteiger partial charge in [-0.05, 0) is 37.4 Å². The Hall–Kier alpha value is -1.00. The number of benzene rings is 1. The van der Waals surface area contributed by atoms with E-state index in [2.05, 4.69) is 24.4 Å². The van der Waals surface area contributed by atoms with Gasteiger partial charge in [0, 0.05) is 22.6 Å². The Bertz CT molecular complexity index is 424. The molecule has 3 N–H and O–H groups in total. The van der Waals surface area contributed by atoms with Crippen LogP contribution in [0.1, 0.15) is 26.2 Å². The number of carbonyl (C=O) groups is 1. The Morgan fingerprint density at radius 3 is 2.85 bits per heavy atom. The fourth-order valence-electron chi connectivity index (χ4n) is 2.81. The van der Waals surface area contributed by atoms with Crippen molar-refractivity contribution in [2.24, 2.45) is 17.6 Å². The molecule has 0 spiro atoms. The predicted octanol–water partition coefficient (Wildman–Crippen LogP) is 2.66. The van der Waals surface area contributed by atoms with Crippen molar-refractivity contribution < 1.29 is 4.79 Å². The Balaban J connectivity index is 1.75. The van der Waals surface area contributed by atoms with Crippen LogP contribution in [0.25, 0.3) is 0 Å². The van der Waals surface area contributed by atoms with E-state index in [0.29, 0.717) is 24.3 Å². The van der Waals surface area contributed by atoms with Crippen LogP contribution >= 0.6 is 11.8 Å². The molecule has 1 saturated carbocycles. The second-order valence-corrected chi connectivity index (χ2v) is 7.03. The molecule has 0 heterocycles. The number of amides is 1. The van der Waals surface area contributed by atoms with Crippen LogP contribution in [0, 0.1) is 11.8 Å². The maximum absolute atomic E-state index is 12.2. The van der Waals surface area contributed by atoms with E-state index < -0.39 is 0 Å². The summed E-state index contributed by atoms with van der Waals surface area (Å²) >= 11 is 1.80. The van der Waals surface area contributed by atoms with E-state index in [1.54, 1.807) is 11.8 Å². The molecule has 3 nitrogen and oxygen atoms in total. The Morgan fingerprint density at radius 2 is 2.15 bits per heavy atom. The molecule has 0 bridgehead atoms. The minimum atomic E-state index is 0.133. The number of carbonyl (C=O) groups excluding carboxylic acids is 1. The van der Waals surface area contributed by atoms with Crippen molar-refractivity contribution in [3.63, 3.8) is 0 Å². The number of thioether (sulfide) groups is 1. The third kappa shape index (κ3) is 4.25. The molecule has 0 radical (unpaired) electrons. The highest BCUT2D eigenvalue weighted by molar-refractivity contribution is 8.00. The third-order valence-corrected chi connectivity index (χ3v) is 5.06. The molecular formula is C16H24N2OS. The van der Waals surface area contributed by atoms with E-state index in [1.807, 2.05) is 18.2 Å². The van der Waals surface area contributed by atoms with Gasteiger partial charge in [-0.25, -0.2) is 0 Å². The van der Waals surface area contributed by atoms with Crippen LogP contribution in [0.15, 0.2) is 35.2 Å². The van der Waals surface area contributed by atoms with Crippen molar-refractivity contribution in [2.45, 2.75) is 36.3 Å². The molecule has 2 rings (SSSR count). The normalized spacial score (nSPS) is 23.5. The number of nitrogens with one attached hydrogen (secondary N) is 1. The fourth-order valence-corrected chi connectivity index (χ4v) is 3.76. The van der Waals surface area contributed by atoms with E-state index in [9.17, 15) is 4.79 Å². The molecule has 1 aromatic carbocycles. The Labute approximate surface area is 125 Å².